The zero-order valence-electron chi connectivity index (χ0n) is 7.76. The molecule has 0 aliphatic heterocycles. The van der Waals surface area contributed by atoms with Crippen LogP contribution in [0.3, 0.4) is 0 Å². The van der Waals surface area contributed by atoms with Gasteiger partial charge in [-0.15, -0.1) is 0 Å². The number of aliphatic hydroxyl groups excluding tert-OH is 3. The number of aliphatic hydroxyl groups is 3. The van der Waals surface area contributed by atoms with Crippen LogP contribution in [0.1, 0.15) is 0 Å². The summed E-state index contributed by atoms with van der Waals surface area (Å²) in [6.07, 6.45) is 0. The zero-order chi connectivity index (χ0) is 11.4. The van der Waals surface area contributed by atoms with Crippen LogP contribution in [0.5, 0.6) is 0 Å². The van der Waals surface area contributed by atoms with Gasteiger partial charge in [0.1, 0.15) is 19.6 Å². The first kappa shape index (κ1) is 15.5. The molecule has 8 nitrogen and oxygen atoms in total. The van der Waals surface area contributed by atoms with E-state index in [0.29, 0.717) is 19.6 Å². The Hall–Kier alpha value is -0.960. The van der Waals surface area contributed by atoms with Crippen LogP contribution in [-0.2, 0) is 0 Å². The van der Waals surface area contributed by atoms with Gasteiger partial charge < -0.3 is 35.5 Å². The molecule has 0 fully saturated rings. The Morgan fingerprint density at radius 1 is 0.929 bits per heavy atom. The molecule has 0 unspecified atom stereocenters. The van der Waals surface area contributed by atoms with E-state index in [1.165, 1.54) is 0 Å². The number of hydrogen-bond acceptors (Lipinski definition) is 6. The quantitative estimate of drug-likeness (QED) is 0.268. The Morgan fingerprint density at radius 3 is 1.29 bits per heavy atom. The molecule has 0 heterocycles. The molecule has 0 aromatic carbocycles. The van der Waals surface area contributed by atoms with Crippen molar-refractivity contribution in [1.29, 1.82) is 0 Å². The second-order valence-corrected chi connectivity index (χ2v) is 2.39. The predicted molar refractivity (Wildman–Crippen MR) is 47.2 cm³/mol. The van der Waals surface area contributed by atoms with E-state index < -0.39 is 5.09 Å². The van der Waals surface area contributed by atoms with Crippen LogP contribution < -0.4 is 4.90 Å². The fourth-order valence-corrected chi connectivity index (χ4v) is 0.849. The molecule has 0 saturated heterocycles. The zero-order valence-corrected chi connectivity index (χ0v) is 7.76. The van der Waals surface area contributed by atoms with Gasteiger partial charge in [-0.25, -0.2) is 0 Å². The van der Waals surface area contributed by atoms with E-state index in [-0.39, 0.29) is 19.8 Å². The topological polar surface area (TPSA) is 131 Å². The standard InChI is InChI=1S/C6H15NO3.NO3/c8-4-1-7(2-5-9)3-6-10;2-1(3)4/h8-10H,1-6H2;/q;-1/p+1. The van der Waals surface area contributed by atoms with Crippen LogP contribution in [-0.4, -0.2) is 59.9 Å². The molecule has 0 aromatic rings. The largest absolute Gasteiger partial charge is 0.391 e. The molecule has 0 atom stereocenters. The highest BCUT2D eigenvalue weighted by Gasteiger charge is 2.03. The number of nitrogens with zero attached hydrogens (tertiary/aromatic N) is 1. The second-order valence-electron chi connectivity index (χ2n) is 2.39. The van der Waals surface area contributed by atoms with Gasteiger partial charge >= 0.3 is 0 Å². The average Bonchev–Trinajstić information content (AvgIpc) is 2.04. The molecule has 14 heavy (non-hydrogen) atoms. The first-order valence-electron chi connectivity index (χ1n) is 4.06. The molecule has 4 N–H and O–H groups in total. The van der Waals surface area contributed by atoms with Gasteiger partial charge in [0.05, 0.1) is 24.9 Å². The van der Waals surface area contributed by atoms with Gasteiger partial charge in [0.15, 0.2) is 0 Å². The number of quaternary nitrogens is 1. The van der Waals surface area contributed by atoms with Crippen LogP contribution in [0.25, 0.3) is 0 Å². The van der Waals surface area contributed by atoms with Crippen molar-refractivity contribution in [3.05, 3.63) is 15.3 Å². The van der Waals surface area contributed by atoms with Gasteiger partial charge in [-0.3, -0.25) is 0 Å². The maximum absolute atomic E-state index is 8.51. The summed E-state index contributed by atoms with van der Waals surface area (Å²) in [6.45, 7) is 2.11. The smallest absolute Gasteiger partial charge is 0.101 e. The molecule has 86 valence electrons. The number of nitrogens with one attached hydrogen (secondary N) is 1. The van der Waals surface area contributed by atoms with E-state index in [2.05, 4.69) is 0 Å². The molecule has 0 radical (unpaired) electrons. The lowest BCUT2D eigenvalue weighted by Crippen LogP contribution is -3.13. The Bertz CT molecular complexity index is 115. The molecular weight excluding hydrogens is 196 g/mol. The minimum atomic E-state index is -1.75. The van der Waals surface area contributed by atoms with Gasteiger partial charge in [-0.05, 0) is 0 Å². The van der Waals surface area contributed by atoms with Crippen molar-refractivity contribution in [2.45, 2.75) is 0 Å². The lowest BCUT2D eigenvalue weighted by Gasteiger charge is -2.15. The van der Waals surface area contributed by atoms with Gasteiger partial charge in [0.25, 0.3) is 0 Å². The third kappa shape index (κ3) is 17.2. The molecule has 0 amide bonds. The molecule has 0 aliphatic rings. The van der Waals surface area contributed by atoms with Crippen molar-refractivity contribution in [1.82, 2.24) is 0 Å². The summed E-state index contributed by atoms with van der Waals surface area (Å²) < 4.78 is 0. The SMILES string of the molecule is O=[N+]([O-])[O-].OCC[NH+](CCO)CCO. The molecule has 8 heteroatoms. The molecule has 0 rings (SSSR count). The van der Waals surface area contributed by atoms with Crippen molar-refractivity contribution in [2.75, 3.05) is 39.5 Å². The van der Waals surface area contributed by atoms with Gasteiger partial charge in [-0.2, -0.15) is 0 Å². The third-order valence-electron chi connectivity index (χ3n) is 1.40. The highest BCUT2D eigenvalue weighted by atomic mass is 16.9. The summed E-state index contributed by atoms with van der Waals surface area (Å²) in [5.41, 5.74) is 0. The highest BCUT2D eigenvalue weighted by Crippen LogP contribution is 1.52. The Balaban J connectivity index is 0. The summed E-state index contributed by atoms with van der Waals surface area (Å²) >= 11 is 0. The van der Waals surface area contributed by atoms with Crippen molar-refractivity contribution in [2.24, 2.45) is 0 Å². The van der Waals surface area contributed by atoms with Crippen molar-refractivity contribution >= 4 is 0 Å². The lowest BCUT2D eigenvalue weighted by molar-refractivity contribution is -0.901. The molecule has 0 saturated carbocycles. The van der Waals surface area contributed by atoms with E-state index in [0.717, 1.165) is 4.90 Å². The second kappa shape index (κ2) is 12.0. The maximum atomic E-state index is 8.51. The molecule has 0 aromatic heterocycles. The lowest BCUT2D eigenvalue weighted by atomic mass is 10.4. The monoisotopic (exact) mass is 212 g/mol. The summed E-state index contributed by atoms with van der Waals surface area (Å²) in [4.78, 5) is 9.28. The van der Waals surface area contributed by atoms with Gasteiger partial charge in [-0.1, -0.05) is 0 Å². The summed E-state index contributed by atoms with van der Waals surface area (Å²) in [5, 5.41) is 40.3. The van der Waals surface area contributed by atoms with Crippen LogP contribution in [0.4, 0.5) is 0 Å². The highest BCUT2D eigenvalue weighted by molar-refractivity contribution is 4.28. The van der Waals surface area contributed by atoms with Gasteiger partial charge in [0, 0.05) is 0 Å². The van der Waals surface area contributed by atoms with Crippen molar-refractivity contribution in [3.8, 4) is 0 Å². The maximum Gasteiger partial charge on any atom is 0.101 e. The first-order chi connectivity index (χ1) is 6.58. The van der Waals surface area contributed by atoms with Gasteiger partial charge in [0.2, 0.25) is 0 Å². The predicted octanol–water partition coefficient (Wildman–Crippen LogP) is -3.39. The Morgan fingerprint density at radius 2 is 1.14 bits per heavy atom. The van der Waals surface area contributed by atoms with E-state index in [1.54, 1.807) is 0 Å². The summed E-state index contributed by atoms with van der Waals surface area (Å²) in [6, 6.07) is 0. The molecule has 0 spiro atoms. The van der Waals surface area contributed by atoms with Crippen LogP contribution in [0.15, 0.2) is 0 Å². The van der Waals surface area contributed by atoms with Crippen LogP contribution >= 0.6 is 0 Å². The number of hydrogen-bond donors (Lipinski definition) is 4. The average molecular weight is 212 g/mol. The van der Waals surface area contributed by atoms with Crippen molar-refractivity contribution in [3.63, 3.8) is 0 Å². The number of rotatable bonds is 6. The van der Waals surface area contributed by atoms with Crippen molar-refractivity contribution < 1.29 is 25.3 Å². The van der Waals surface area contributed by atoms with Crippen LogP contribution in [0.2, 0.25) is 0 Å². The minimum Gasteiger partial charge on any atom is -0.391 e. The first-order valence-corrected chi connectivity index (χ1v) is 4.06. The summed E-state index contributed by atoms with van der Waals surface area (Å²) in [7, 11) is 0. The minimum absolute atomic E-state index is 0.106. The van der Waals surface area contributed by atoms with E-state index in [9.17, 15) is 0 Å². The fraction of sp³-hybridized carbons (Fsp3) is 1.00. The third-order valence-corrected chi connectivity index (χ3v) is 1.40. The van der Waals surface area contributed by atoms with E-state index >= 15 is 0 Å². The van der Waals surface area contributed by atoms with E-state index in [1.807, 2.05) is 0 Å². The normalized spacial score (nSPS) is 9.43. The molecular formula is C6H16N2O6. The van der Waals surface area contributed by atoms with Crippen LogP contribution in [0, 0.1) is 15.3 Å². The Labute approximate surface area is 81.1 Å². The molecule has 0 aliphatic carbocycles. The Kier molecular flexibility index (Phi) is 13.3. The van der Waals surface area contributed by atoms with E-state index in [4.69, 9.17) is 30.6 Å². The fourth-order valence-electron chi connectivity index (χ4n) is 0.849. The molecule has 0 bridgehead atoms. The summed E-state index contributed by atoms with van der Waals surface area (Å²) in [5.74, 6) is 0.